The standard InChI is InChI=1S/C48H33N/c1-3-14-34(15-4-1)36-26-30-38(31-27-36)49(39-32-28-37(29-33-39)35-16-5-2-6-17-35)47-25-12-11-22-46(47)48-44-23-13-24-45(48)43-21-10-8-19-41(43)40-18-7-9-20-42(40)44/h1-33H. The molecule has 0 N–H and O–H groups in total. The molecular formula is C48H33N. The second-order valence-corrected chi connectivity index (χ2v) is 12.5. The van der Waals surface area contributed by atoms with Crippen molar-refractivity contribution in [2.45, 2.75) is 0 Å². The zero-order chi connectivity index (χ0) is 32.6. The molecule has 0 amide bonds. The largest absolute Gasteiger partial charge is 0.310 e. The van der Waals surface area contributed by atoms with Crippen molar-refractivity contribution in [2.24, 2.45) is 0 Å². The SMILES string of the molecule is c1ccc(-c2ccc(N(c3ccc(-c4ccccc4)cc3)c3ccccc3-c3c4cccc3-c3ccccc3-c3ccccc3-4)cc2)cc1. The highest BCUT2D eigenvalue weighted by atomic mass is 15.1. The summed E-state index contributed by atoms with van der Waals surface area (Å²) in [4.78, 5) is 2.41. The molecule has 9 rings (SSSR count). The average molecular weight is 624 g/mol. The highest BCUT2D eigenvalue weighted by Gasteiger charge is 2.26. The Morgan fingerprint density at radius 1 is 0.224 bits per heavy atom. The Hall–Kier alpha value is -6.44. The number of rotatable bonds is 6. The van der Waals surface area contributed by atoms with E-state index in [1.54, 1.807) is 0 Å². The monoisotopic (exact) mass is 623 g/mol. The van der Waals surface area contributed by atoms with Gasteiger partial charge in [0.05, 0.1) is 5.69 Å². The van der Waals surface area contributed by atoms with Gasteiger partial charge in [-0.2, -0.15) is 0 Å². The van der Waals surface area contributed by atoms with Crippen molar-refractivity contribution in [1.29, 1.82) is 0 Å². The van der Waals surface area contributed by atoms with E-state index in [0.29, 0.717) is 0 Å². The number of para-hydroxylation sites is 1. The van der Waals surface area contributed by atoms with Crippen molar-refractivity contribution in [3.05, 3.63) is 200 Å². The molecule has 8 aromatic carbocycles. The van der Waals surface area contributed by atoms with Crippen molar-refractivity contribution >= 4 is 17.1 Å². The summed E-state index contributed by atoms with van der Waals surface area (Å²) in [5, 5.41) is 0. The summed E-state index contributed by atoms with van der Waals surface area (Å²) >= 11 is 0. The van der Waals surface area contributed by atoms with Gasteiger partial charge in [0.1, 0.15) is 0 Å². The first-order valence-electron chi connectivity index (χ1n) is 16.9. The minimum atomic E-state index is 1.11. The smallest absolute Gasteiger partial charge is 0.0540 e. The van der Waals surface area contributed by atoms with Gasteiger partial charge in [0, 0.05) is 16.9 Å². The molecule has 0 spiro atoms. The molecule has 0 saturated carbocycles. The van der Waals surface area contributed by atoms with Gasteiger partial charge in [0.15, 0.2) is 0 Å². The number of hydrogen-bond acceptors (Lipinski definition) is 1. The Balaban J connectivity index is 1.26. The summed E-state index contributed by atoms with van der Waals surface area (Å²) in [6, 6.07) is 72.4. The van der Waals surface area contributed by atoms with Gasteiger partial charge >= 0.3 is 0 Å². The third-order valence-corrected chi connectivity index (χ3v) is 9.67. The topological polar surface area (TPSA) is 3.24 Å². The lowest BCUT2D eigenvalue weighted by molar-refractivity contribution is 1.28. The van der Waals surface area contributed by atoms with Crippen molar-refractivity contribution in [3.63, 3.8) is 0 Å². The fraction of sp³-hybridized carbons (Fsp3) is 0. The average Bonchev–Trinajstić information content (AvgIpc) is 3.25. The van der Waals surface area contributed by atoms with Crippen molar-refractivity contribution < 1.29 is 0 Å². The Labute approximate surface area is 288 Å². The first kappa shape index (κ1) is 28.8. The van der Waals surface area contributed by atoms with E-state index in [1.165, 1.54) is 66.8 Å². The number of anilines is 3. The molecule has 0 saturated heterocycles. The van der Waals surface area contributed by atoms with Crippen LogP contribution in [-0.2, 0) is 0 Å². The fourth-order valence-electron chi connectivity index (χ4n) is 7.37. The van der Waals surface area contributed by atoms with Crippen LogP contribution in [0.2, 0.25) is 0 Å². The Kier molecular flexibility index (Phi) is 7.22. The molecule has 0 aliphatic heterocycles. The van der Waals surface area contributed by atoms with E-state index in [4.69, 9.17) is 0 Å². The van der Waals surface area contributed by atoms with Crippen LogP contribution in [0.4, 0.5) is 17.1 Å². The van der Waals surface area contributed by atoms with Gasteiger partial charge in [-0.05, 0) is 91.5 Å². The summed E-state index contributed by atoms with van der Waals surface area (Å²) in [5.74, 6) is 0. The van der Waals surface area contributed by atoms with Gasteiger partial charge in [-0.1, -0.05) is 170 Å². The predicted octanol–water partition coefficient (Wildman–Crippen LogP) is 13.5. The second kappa shape index (κ2) is 12.3. The molecule has 1 aliphatic carbocycles. The van der Waals surface area contributed by atoms with Crippen molar-refractivity contribution in [1.82, 2.24) is 0 Å². The number of fused-ring (bicyclic) bond motifs is 7. The summed E-state index contributed by atoms with van der Waals surface area (Å²) in [6.07, 6.45) is 0. The Morgan fingerprint density at radius 2 is 0.551 bits per heavy atom. The maximum absolute atomic E-state index is 2.41. The first-order chi connectivity index (χ1) is 24.3. The van der Waals surface area contributed by atoms with E-state index in [9.17, 15) is 0 Å². The van der Waals surface area contributed by atoms with Crippen LogP contribution < -0.4 is 4.90 Å². The highest BCUT2D eigenvalue weighted by Crippen LogP contribution is 2.52. The maximum atomic E-state index is 2.41. The van der Waals surface area contributed by atoms with E-state index in [2.05, 4.69) is 205 Å². The van der Waals surface area contributed by atoms with Gasteiger partial charge in [0.2, 0.25) is 0 Å². The lowest BCUT2D eigenvalue weighted by Crippen LogP contribution is -2.11. The third-order valence-electron chi connectivity index (χ3n) is 9.67. The summed E-state index contributed by atoms with van der Waals surface area (Å²) in [6.45, 7) is 0. The summed E-state index contributed by atoms with van der Waals surface area (Å²) in [7, 11) is 0. The van der Waals surface area contributed by atoms with E-state index < -0.39 is 0 Å². The maximum Gasteiger partial charge on any atom is 0.0540 e. The van der Waals surface area contributed by atoms with Gasteiger partial charge in [-0.3, -0.25) is 0 Å². The molecule has 2 bridgehead atoms. The fourth-order valence-corrected chi connectivity index (χ4v) is 7.37. The van der Waals surface area contributed by atoms with Gasteiger partial charge < -0.3 is 4.90 Å². The van der Waals surface area contributed by atoms with E-state index in [1.807, 2.05) is 0 Å². The van der Waals surface area contributed by atoms with Crippen LogP contribution in [-0.4, -0.2) is 0 Å². The molecule has 1 heteroatoms. The van der Waals surface area contributed by atoms with Crippen LogP contribution in [0.1, 0.15) is 0 Å². The van der Waals surface area contributed by atoms with Gasteiger partial charge in [-0.25, -0.2) is 0 Å². The lowest BCUT2D eigenvalue weighted by atomic mass is 9.88. The molecule has 0 fully saturated rings. The molecule has 1 aliphatic rings. The van der Waals surface area contributed by atoms with Crippen LogP contribution >= 0.6 is 0 Å². The van der Waals surface area contributed by atoms with Crippen LogP contribution in [0.15, 0.2) is 200 Å². The quantitative estimate of drug-likeness (QED) is 0.178. The molecule has 0 aromatic heterocycles. The molecule has 230 valence electrons. The van der Waals surface area contributed by atoms with Crippen LogP contribution in [0.3, 0.4) is 0 Å². The molecule has 49 heavy (non-hydrogen) atoms. The zero-order valence-electron chi connectivity index (χ0n) is 27.0. The zero-order valence-corrected chi connectivity index (χ0v) is 27.0. The molecule has 8 aromatic rings. The van der Waals surface area contributed by atoms with Crippen molar-refractivity contribution in [3.8, 4) is 66.8 Å². The first-order valence-corrected chi connectivity index (χ1v) is 16.9. The lowest BCUT2D eigenvalue weighted by Gasteiger charge is -2.29. The molecule has 0 atom stereocenters. The second-order valence-electron chi connectivity index (χ2n) is 12.5. The highest BCUT2D eigenvalue weighted by molar-refractivity contribution is 6.08. The number of nitrogens with zero attached hydrogens (tertiary/aromatic N) is 1. The predicted molar refractivity (Wildman–Crippen MR) is 207 cm³/mol. The van der Waals surface area contributed by atoms with Gasteiger partial charge in [0.25, 0.3) is 0 Å². The number of hydrogen-bond donors (Lipinski definition) is 0. The minimum absolute atomic E-state index is 1.11. The van der Waals surface area contributed by atoms with Crippen molar-refractivity contribution in [2.75, 3.05) is 4.90 Å². The summed E-state index contributed by atoms with van der Waals surface area (Å²) < 4.78 is 0. The van der Waals surface area contributed by atoms with Crippen LogP contribution in [0, 0.1) is 0 Å². The van der Waals surface area contributed by atoms with Crippen LogP contribution in [0.5, 0.6) is 0 Å². The normalized spacial score (nSPS) is 11.3. The minimum Gasteiger partial charge on any atom is -0.310 e. The number of benzene rings is 8. The van der Waals surface area contributed by atoms with E-state index >= 15 is 0 Å². The Bertz CT molecular complexity index is 2260. The van der Waals surface area contributed by atoms with Gasteiger partial charge in [-0.15, -0.1) is 0 Å². The van der Waals surface area contributed by atoms with E-state index in [0.717, 1.165) is 17.1 Å². The molecule has 0 radical (unpaired) electrons. The molecular weight excluding hydrogens is 591 g/mol. The molecule has 1 nitrogen and oxygen atoms in total. The molecule has 0 unspecified atom stereocenters. The summed E-state index contributed by atoms with van der Waals surface area (Å²) in [5.41, 5.74) is 18.1. The van der Waals surface area contributed by atoms with Crippen LogP contribution in [0.25, 0.3) is 66.8 Å². The third kappa shape index (κ3) is 5.13. The molecule has 0 heterocycles. The van der Waals surface area contributed by atoms with E-state index in [-0.39, 0.29) is 0 Å². The Morgan fingerprint density at radius 3 is 1.00 bits per heavy atom.